The van der Waals surface area contributed by atoms with Gasteiger partial charge in [0.15, 0.2) is 0 Å². The highest BCUT2D eigenvalue weighted by Gasteiger charge is 2.21. The number of aromatic nitrogens is 1. The maximum atomic E-state index is 5.83. The lowest BCUT2D eigenvalue weighted by Crippen LogP contribution is -2.21. The molecule has 19 heavy (non-hydrogen) atoms. The van der Waals surface area contributed by atoms with E-state index in [4.69, 9.17) is 5.73 Å². The molecule has 0 bridgehead atoms. The van der Waals surface area contributed by atoms with Crippen LogP contribution in [0.2, 0.25) is 0 Å². The van der Waals surface area contributed by atoms with Crippen LogP contribution in [0.5, 0.6) is 0 Å². The van der Waals surface area contributed by atoms with Crippen LogP contribution in [0.4, 0.5) is 5.69 Å². The van der Waals surface area contributed by atoms with E-state index in [0.29, 0.717) is 6.04 Å². The van der Waals surface area contributed by atoms with Crippen molar-refractivity contribution < 1.29 is 0 Å². The number of nitrogens with one attached hydrogen (secondary N) is 1. The molecule has 1 aliphatic rings. The quantitative estimate of drug-likeness (QED) is 0.842. The Hall–Kier alpha value is -1.39. The molecule has 1 unspecified atom stereocenters. The Labute approximate surface area is 117 Å². The van der Waals surface area contributed by atoms with E-state index in [9.17, 15) is 0 Å². The van der Waals surface area contributed by atoms with Crippen LogP contribution in [0.15, 0.2) is 23.6 Å². The van der Waals surface area contributed by atoms with Crippen molar-refractivity contribution in [1.29, 1.82) is 0 Å². The lowest BCUT2D eigenvalue weighted by molar-refractivity contribution is 0.533. The molecule has 3 nitrogen and oxygen atoms in total. The first-order valence-corrected chi connectivity index (χ1v) is 7.63. The van der Waals surface area contributed by atoms with Gasteiger partial charge in [-0.15, -0.1) is 11.3 Å². The molecule has 1 aromatic heterocycles. The van der Waals surface area contributed by atoms with Gasteiger partial charge in [0.2, 0.25) is 0 Å². The minimum absolute atomic E-state index is 0.483. The van der Waals surface area contributed by atoms with Gasteiger partial charge < -0.3 is 11.1 Å². The predicted molar refractivity (Wildman–Crippen MR) is 80.5 cm³/mol. The van der Waals surface area contributed by atoms with E-state index in [1.54, 1.807) is 11.3 Å². The molecule has 4 heteroatoms. The molecular formula is C15H19N3S. The summed E-state index contributed by atoms with van der Waals surface area (Å²) in [5.74, 6) is 0. The van der Waals surface area contributed by atoms with Crippen LogP contribution in [0.25, 0.3) is 0 Å². The molecule has 3 rings (SSSR count). The maximum Gasteiger partial charge on any atom is 0.0940 e. The summed E-state index contributed by atoms with van der Waals surface area (Å²) >= 11 is 1.75. The van der Waals surface area contributed by atoms with Gasteiger partial charge in [0, 0.05) is 35.8 Å². The molecule has 0 radical (unpaired) electrons. The number of nitrogens with zero attached hydrogens (tertiary/aromatic N) is 1. The summed E-state index contributed by atoms with van der Waals surface area (Å²) in [6, 6.07) is 6.77. The Bertz CT molecular complexity index is 577. The van der Waals surface area contributed by atoms with Gasteiger partial charge in [-0.3, -0.25) is 0 Å². The number of benzene rings is 1. The summed E-state index contributed by atoms with van der Waals surface area (Å²) < 4.78 is 0. The summed E-state index contributed by atoms with van der Waals surface area (Å²) in [7, 11) is 0. The number of aryl methyl sites for hydroxylation is 2. The van der Waals surface area contributed by atoms with Crippen molar-refractivity contribution in [2.24, 2.45) is 0 Å². The molecule has 0 saturated carbocycles. The summed E-state index contributed by atoms with van der Waals surface area (Å²) in [5, 5.41) is 6.98. The highest BCUT2D eigenvalue weighted by molar-refractivity contribution is 7.09. The molecule has 3 N–H and O–H groups in total. The molecule has 1 heterocycles. The standard InChI is InChI=1S/C15H19N3S/c1-10-9-19-15(18-10)6-7-17-14-5-2-11-8-12(16)3-4-13(11)14/h3-4,8-9,14,17H,2,5-7,16H2,1H3. The molecule has 1 aliphatic carbocycles. The highest BCUT2D eigenvalue weighted by atomic mass is 32.1. The molecule has 1 aromatic carbocycles. The number of nitrogen functional groups attached to an aromatic ring is 1. The molecule has 0 spiro atoms. The zero-order chi connectivity index (χ0) is 13.2. The number of nitrogens with two attached hydrogens (primary N) is 1. The van der Waals surface area contributed by atoms with Crippen LogP contribution >= 0.6 is 11.3 Å². The first kappa shape index (κ1) is 12.6. The molecule has 2 aromatic rings. The van der Waals surface area contributed by atoms with Crippen LogP contribution in [-0.4, -0.2) is 11.5 Å². The van der Waals surface area contributed by atoms with E-state index in [-0.39, 0.29) is 0 Å². The van der Waals surface area contributed by atoms with Crippen molar-refractivity contribution in [2.45, 2.75) is 32.2 Å². The number of rotatable bonds is 4. The lowest BCUT2D eigenvalue weighted by atomic mass is 10.1. The molecule has 0 fully saturated rings. The Morgan fingerprint density at radius 2 is 2.37 bits per heavy atom. The Balaban J connectivity index is 1.58. The first-order chi connectivity index (χ1) is 9.22. The van der Waals surface area contributed by atoms with Crippen molar-refractivity contribution in [3.05, 3.63) is 45.4 Å². The Morgan fingerprint density at radius 1 is 1.47 bits per heavy atom. The second-order valence-electron chi connectivity index (χ2n) is 5.14. The second-order valence-corrected chi connectivity index (χ2v) is 6.08. The van der Waals surface area contributed by atoms with Gasteiger partial charge in [-0.25, -0.2) is 4.98 Å². The number of thiazole rings is 1. The van der Waals surface area contributed by atoms with Gasteiger partial charge in [-0.2, -0.15) is 0 Å². The smallest absolute Gasteiger partial charge is 0.0940 e. The van der Waals surface area contributed by atoms with E-state index in [0.717, 1.165) is 30.8 Å². The van der Waals surface area contributed by atoms with Gasteiger partial charge in [-0.1, -0.05) is 6.07 Å². The van der Waals surface area contributed by atoms with Gasteiger partial charge in [0.05, 0.1) is 5.01 Å². The molecular weight excluding hydrogens is 254 g/mol. The largest absolute Gasteiger partial charge is 0.399 e. The van der Waals surface area contributed by atoms with Crippen molar-refractivity contribution in [2.75, 3.05) is 12.3 Å². The van der Waals surface area contributed by atoms with Crippen LogP contribution in [-0.2, 0) is 12.8 Å². The minimum Gasteiger partial charge on any atom is -0.399 e. The highest BCUT2D eigenvalue weighted by Crippen LogP contribution is 2.32. The fraction of sp³-hybridized carbons (Fsp3) is 0.400. The van der Waals surface area contributed by atoms with Crippen LogP contribution in [0, 0.1) is 6.92 Å². The SMILES string of the molecule is Cc1csc(CCNC2CCc3cc(N)ccc32)n1. The van der Waals surface area contributed by atoms with Gasteiger partial charge in [-0.05, 0) is 43.0 Å². The lowest BCUT2D eigenvalue weighted by Gasteiger charge is -2.13. The second kappa shape index (κ2) is 5.31. The molecule has 0 saturated heterocycles. The average molecular weight is 273 g/mol. The average Bonchev–Trinajstić information content (AvgIpc) is 2.96. The predicted octanol–water partition coefficient (Wildman–Crippen LogP) is 2.85. The summed E-state index contributed by atoms with van der Waals surface area (Å²) in [6.45, 7) is 3.03. The topological polar surface area (TPSA) is 50.9 Å². The molecule has 1 atom stereocenters. The number of hydrogen-bond acceptors (Lipinski definition) is 4. The number of hydrogen-bond donors (Lipinski definition) is 2. The third-order valence-electron chi connectivity index (χ3n) is 3.64. The van der Waals surface area contributed by atoms with E-state index in [2.05, 4.69) is 27.8 Å². The van der Waals surface area contributed by atoms with Crippen molar-refractivity contribution in [3.8, 4) is 0 Å². The fourth-order valence-electron chi connectivity index (χ4n) is 2.72. The van der Waals surface area contributed by atoms with Gasteiger partial charge in [0.25, 0.3) is 0 Å². The third kappa shape index (κ3) is 2.80. The summed E-state index contributed by atoms with van der Waals surface area (Å²) in [4.78, 5) is 4.49. The number of fused-ring (bicyclic) bond motifs is 1. The first-order valence-electron chi connectivity index (χ1n) is 6.75. The van der Waals surface area contributed by atoms with E-state index in [1.165, 1.54) is 22.6 Å². The minimum atomic E-state index is 0.483. The van der Waals surface area contributed by atoms with Crippen molar-refractivity contribution in [1.82, 2.24) is 10.3 Å². The zero-order valence-electron chi connectivity index (χ0n) is 11.1. The van der Waals surface area contributed by atoms with Gasteiger partial charge >= 0.3 is 0 Å². The third-order valence-corrected chi connectivity index (χ3v) is 4.67. The van der Waals surface area contributed by atoms with E-state index < -0.39 is 0 Å². The van der Waals surface area contributed by atoms with Crippen LogP contribution < -0.4 is 11.1 Å². The molecule has 100 valence electrons. The fourth-order valence-corrected chi connectivity index (χ4v) is 3.50. The summed E-state index contributed by atoms with van der Waals surface area (Å²) in [5.41, 5.74) is 10.7. The van der Waals surface area contributed by atoms with Crippen molar-refractivity contribution >= 4 is 17.0 Å². The Kier molecular flexibility index (Phi) is 3.53. The summed E-state index contributed by atoms with van der Waals surface area (Å²) in [6.07, 6.45) is 3.32. The molecule has 0 aliphatic heterocycles. The monoisotopic (exact) mass is 273 g/mol. The molecule has 0 amide bonds. The van der Waals surface area contributed by atoms with Crippen LogP contribution in [0.3, 0.4) is 0 Å². The van der Waals surface area contributed by atoms with E-state index in [1.807, 2.05) is 13.0 Å². The van der Waals surface area contributed by atoms with Crippen molar-refractivity contribution in [3.63, 3.8) is 0 Å². The van der Waals surface area contributed by atoms with Crippen LogP contribution in [0.1, 0.15) is 34.3 Å². The Morgan fingerprint density at radius 3 is 3.16 bits per heavy atom. The van der Waals surface area contributed by atoms with E-state index >= 15 is 0 Å². The number of anilines is 1. The zero-order valence-corrected chi connectivity index (χ0v) is 12.0. The normalized spacial score (nSPS) is 17.6. The maximum absolute atomic E-state index is 5.83. The van der Waals surface area contributed by atoms with Gasteiger partial charge in [0.1, 0.15) is 0 Å².